The van der Waals surface area contributed by atoms with Gasteiger partial charge in [-0.15, -0.1) is 0 Å². The van der Waals surface area contributed by atoms with Crippen LogP contribution >= 0.6 is 0 Å². The average Bonchev–Trinajstić information content (AvgIpc) is 2.88. The molecule has 17 heavy (non-hydrogen) atoms. The Hall–Kier alpha value is -1.87. The number of carbonyl (C=O) groups is 1. The molecule has 88 valence electrons. The number of Topliss-reactive ketones (excluding diaryl/α,β-unsaturated/α-hetero) is 1. The molecule has 0 aliphatic heterocycles. The van der Waals surface area contributed by atoms with Crippen LogP contribution in [0, 0.1) is 0 Å². The highest BCUT2D eigenvalue weighted by molar-refractivity contribution is 5.96. The molecule has 3 heteroatoms. The van der Waals surface area contributed by atoms with E-state index in [0.717, 1.165) is 11.3 Å². The first-order chi connectivity index (χ1) is 8.36. The van der Waals surface area contributed by atoms with Crippen molar-refractivity contribution in [1.29, 1.82) is 0 Å². The van der Waals surface area contributed by atoms with Gasteiger partial charge in [0.05, 0.1) is 12.8 Å². The Balaban J connectivity index is 1.70. The summed E-state index contributed by atoms with van der Waals surface area (Å²) >= 11 is 0. The van der Waals surface area contributed by atoms with Gasteiger partial charge in [0.25, 0.3) is 0 Å². The first-order valence-corrected chi connectivity index (χ1v) is 5.67. The first-order valence-electron chi connectivity index (χ1n) is 5.67. The normalized spacial score (nSPS) is 10.4. The highest BCUT2D eigenvalue weighted by Gasteiger charge is 2.04. The fourth-order valence-electron chi connectivity index (χ4n) is 1.60. The third kappa shape index (κ3) is 3.57. The lowest BCUT2D eigenvalue weighted by Gasteiger charge is -2.02. The monoisotopic (exact) mass is 229 g/mol. The van der Waals surface area contributed by atoms with Crippen LogP contribution in [0.4, 0.5) is 0 Å². The quantitative estimate of drug-likeness (QED) is 0.611. The van der Waals surface area contributed by atoms with Gasteiger partial charge in [0.1, 0.15) is 5.76 Å². The average molecular weight is 229 g/mol. The molecule has 1 N–H and O–H groups in total. The molecule has 2 rings (SSSR count). The largest absolute Gasteiger partial charge is 0.468 e. The number of rotatable bonds is 6. The maximum atomic E-state index is 11.7. The first kappa shape index (κ1) is 11.6. The Kier molecular flexibility index (Phi) is 4.11. The smallest absolute Gasteiger partial charge is 0.164 e. The summed E-state index contributed by atoms with van der Waals surface area (Å²) in [5.74, 6) is 1.05. The maximum Gasteiger partial charge on any atom is 0.164 e. The second-order valence-corrected chi connectivity index (χ2v) is 3.80. The predicted octanol–water partition coefficient (Wildman–Crippen LogP) is 2.64. The standard InChI is InChI=1S/C14H15NO2/c16-14(12-5-2-1-3-6-12)8-9-15-11-13-7-4-10-17-13/h1-7,10,15H,8-9,11H2. The van der Waals surface area contributed by atoms with E-state index in [9.17, 15) is 4.79 Å². The maximum absolute atomic E-state index is 11.7. The van der Waals surface area contributed by atoms with E-state index >= 15 is 0 Å². The molecule has 1 heterocycles. The minimum Gasteiger partial charge on any atom is -0.468 e. The molecule has 0 spiro atoms. The van der Waals surface area contributed by atoms with E-state index < -0.39 is 0 Å². The molecule has 1 aromatic heterocycles. The highest BCUT2D eigenvalue weighted by Crippen LogP contribution is 2.03. The molecule has 0 atom stereocenters. The summed E-state index contributed by atoms with van der Waals surface area (Å²) in [5.41, 5.74) is 0.771. The van der Waals surface area contributed by atoms with Crippen molar-refractivity contribution >= 4 is 5.78 Å². The van der Waals surface area contributed by atoms with Gasteiger partial charge in [-0.3, -0.25) is 4.79 Å². The Morgan fingerprint density at radius 2 is 1.94 bits per heavy atom. The zero-order chi connectivity index (χ0) is 11.9. The van der Waals surface area contributed by atoms with Gasteiger partial charge in [0.2, 0.25) is 0 Å². The molecule has 3 nitrogen and oxygen atoms in total. The van der Waals surface area contributed by atoms with Crippen molar-refractivity contribution in [2.45, 2.75) is 13.0 Å². The molecule has 0 unspecified atom stereocenters. The fourth-order valence-corrected chi connectivity index (χ4v) is 1.60. The van der Waals surface area contributed by atoms with E-state index in [4.69, 9.17) is 4.42 Å². The number of furan rings is 1. The second kappa shape index (κ2) is 6.01. The van der Waals surface area contributed by atoms with Crippen molar-refractivity contribution in [2.75, 3.05) is 6.54 Å². The summed E-state index contributed by atoms with van der Waals surface area (Å²) in [5, 5.41) is 3.17. The van der Waals surface area contributed by atoms with Gasteiger partial charge < -0.3 is 9.73 Å². The minimum absolute atomic E-state index is 0.164. The van der Waals surface area contributed by atoms with Gasteiger partial charge in [-0.05, 0) is 12.1 Å². The number of benzene rings is 1. The lowest BCUT2D eigenvalue weighted by molar-refractivity contribution is 0.0982. The summed E-state index contributed by atoms with van der Waals surface area (Å²) in [4.78, 5) is 11.7. The van der Waals surface area contributed by atoms with E-state index in [0.29, 0.717) is 19.5 Å². The molecule has 0 aliphatic carbocycles. The Bertz CT molecular complexity index is 448. The van der Waals surface area contributed by atoms with Crippen LogP contribution in [0.1, 0.15) is 22.5 Å². The summed E-state index contributed by atoms with van der Waals surface area (Å²) < 4.78 is 5.18. The number of hydrogen-bond donors (Lipinski definition) is 1. The van der Waals surface area contributed by atoms with Crippen LogP contribution in [-0.4, -0.2) is 12.3 Å². The number of hydrogen-bond acceptors (Lipinski definition) is 3. The second-order valence-electron chi connectivity index (χ2n) is 3.80. The molecule has 0 saturated heterocycles. The molecule has 0 saturated carbocycles. The Morgan fingerprint density at radius 3 is 2.65 bits per heavy atom. The fraction of sp³-hybridized carbons (Fsp3) is 0.214. The molecule has 0 amide bonds. The van der Waals surface area contributed by atoms with Crippen molar-refractivity contribution in [3.63, 3.8) is 0 Å². The van der Waals surface area contributed by atoms with Crippen LogP contribution in [0.25, 0.3) is 0 Å². The highest BCUT2D eigenvalue weighted by atomic mass is 16.3. The van der Waals surface area contributed by atoms with E-state index in [1.807, 2.05) is 42.5 Å². The number of nitrogens with one attached hydrogen (secondary N) is 1. The molecule has 0 radical (unpaired) electrons. The van der Waals surface area contributed by atoms with Crippen LogP contribution < -0.4 is 5.32 Å². The van der Waals surface area contributed by atoms with Gasteiger partial charge in [-0.2, -0.15) is 0 Å². The summed E-state index contributed by atoms with van der Waals surface area (Å²) in [6.07, 6.45) is 2.15. The summed E-state index contributed by atoms with van der Waals surface area (Å²) in [7, 11) is 0. The van der Waals surface area contributed by atoms with Gasteiger partial charge in [0.15, 0.2) is 5.78 Å². The molecule has 0 aliphatic rings. The minimum atomic E-state index is 0.164. The van der Waals surface area contributed by atoms with Crippen LogP contribution in [0.5, 0.6) is 0 Å². The summed E-state index contributed by atoms with van der Waals surface area (Å²) in [6, 6.07) is 13.1. The van der Waals surface area contributed by atoms with Crippen molar-refractivity contribution < 1.29 is 9.21 Å². The third-order valence-corrected chi connectivity index (χ3v) is 2.50. The zero-order valence-corrected chi connectivity index (χ0v) is 9.56. The van der Waals surface area contributed by atoms with Gasteiger partial charge in [-0.1, -0.05) is 30.3 Å². The predicted molar refractivity (Wildman–Crippen MR) is 65.8 cm³/mol. The van der Waals surface area contributed by atoms with Crippen molar-refractivity contribution in [3.05, 3.63) is 60.1 Å². The van der Waals surface area contributed by atoms with Gasteiger partial charge in [0, 0.05) is 18.5 Å². The van der Waals surface area contributed by atoms with Gasteiger partial charge in [-0.25, -0.2) is 0 Å². The number of carbonyl (C=O) groups excluding carboxylic acids is 1. The molecular formula is C14H15NO2. The van der Waals surface area contributed by atoms with E-state index in [-0.39, 0.29) is 5.78 Å². The third-order valence-electron chi connectivity index (χ3n) is 2.50. The summed E-state index contributed by atoms with van der Waals surface area (Å²) in [6.45, 7) is 1.32. The molecule has 0 bridgehead atoms. The van der Waals surface area contributed by atoms with Crippen molar-refractivity contribution in [2.24, 2.45) is 0 Å². The van der Waals surface area contributed by atoms with Crippen molar-refractivity contribution in [3.8, 4) is 0 Å². The SMILES string of the molecule is O=C(CCNCc1ccco1)c1ccccc1. The van der Waals surface area contributed by atoms with Crippen LogP contribution in [0.3, 0.4) is 0 Å². The zero-order valence-electron chi connectivity index (χ0n) is 9.56. The number of ketones is 1. The Morgan fingerprint density at radius 1 is 1.12 bits per heavy atom. The molecule has 2 aromatic rings. The molecule has 0 fully saturated rings. The lowest BCUT2D eigenvalue weighted by atomic mass is 10.1. The van der Waals surface area contributed by atoms with E-state index in [1.54, 1.807) is 6.26 Å². The molecular weight excluding hydrogens is 214 g/mol. The molecule has 1 aromatic carbocycles. The van der Waals surface area contributed by atoms with Gasteiger partial charge >= 0.3 is 0 Å². The van der Waals surface area contributed by atoms with Crippen LogP contribution in [0.2, 0.25) is 0 Å². The Labute approximate surface area is 100 Å². The van der Waals surface area contributed by atoms with E-state index in [1.165, 1.54) is 0 Å². The van der Waals surface area contributed by atoms with Crippen LogP contribution in [-0.2, 0) is 6.54 Å². The van der Waals surface area contributed by atoms with E-state index in [2.05, 4.69) is 5.32 Å². The van der Waals surface area contributed by atoms with Crippen molar-refractivity contribution in [1.82, 2.24) is 5.32 Å². The van der Waals surface area contributed by atoms with Crippen LogP contribution in [0.15, 0.2) is 53.1 Å². The topological polar surface area (TPSA) is 42.2 Å². The lowest BCUT2D eigenvalue weighted by Crippen LogP contribution is -2.17.